The highest BCUT2D eigenvalue weighted by molar-refractivity contribution is 7.22. The SMILES string of the molecule is COC(=O)N[C@H](C(=O)N1CCCC1c1nc(-c2ccc3cc(-c4ccc5nc(NC[C@@H]6CCCN6C(=O)[C@@H](NC(=O)OC)C(C)C)sc5c4)ccc3c2)c[nH]1)C(C)C. The van der Waals surface area contributed by atoms with E-state index in [1.54, 1.807) is 11.3 Å². The summed E-state index contributed by atoms with van der Waals surface area (Å²) in [5, 5.41) is 11.9. The molecule has 14 nitrogen and oxygen atoms in total. The number of carbonyl (C=O) groups is 4. The molecular formula is C43H52N8O6S. The molecule has 0 bridgehead atoms. The fourth-order valence-electron chi connectivity index (χ4n) is 8.03. The number of amides is 4. The fourth-order valence-corrected chi connectivity index (χ4v) is 8.95. The maximum absolute atomic E-state index is 13.6. The minimum atomic E-state index is -0.687. The van der Waals surface area contributed by atoms with Gasteiger partial charge in [0.1, 0.15) is 17.9 Å². The van der Waals surface area contributed by atoms with Crippen LogP contribution in [0.4, 0.5) is 14.7 Å². The first-order valence-electron chi connectivity index (χ1n) is 20.0. The molecule has 2 aliphatic heterocycles. The summed E-state index contributed by atoms with van der Waals surface area (Å²) < 4.78 is 10.6. The van der Waals surface area contributed by atoms with Gasteiger partial charge in [0.2, 0.25) is 11.8 Å². The lowest BCUT2D eigenvalue weighted by Gasteiger charge is -2.30. The summed E-state index contributed by atoms with van der Waals surface area (Å²) in [5.41, 5.74) is 4.87. The first-order chi connectivity index (χ1) is 27.9. The van der Waals surface area contributed by atoms with Crippen molar-refractivity contribution in [3.05, 3.63) is 66.6 Å². The van der Waals surface area contributed by atoms with Crippen LogP contribution in [0.1, 0.15) is 65.2 Å². The van der Waals surface area contributed by atoms with Crippen LogP contribution in [0.5, 0.6) is 0 Å². The van der Waals surface area contributed by atoms with Crippen molar-refractivity contribution in [3.8, 4) is 22.4 Å². The average molecular weight is 809 g/mol. The minimum Gasteiger partial charge on any atom is -0.453 e. The average Bonchev–Trinajstić information content (AvgIpc) is 4.06. The van der Waals surface area contributed by atoms with Crippen LogP contribution in [0.15, 0.2) is 60.8 Å². The molecular weight excluding hydrogens is 757 g/mol. The number of aromatic nitrogens is 3. The zero-order chi connectivity index (χ0) is 41.1. The van der Waals surface area contributed by atoms with Crippen LogP contribution in [0.2, 0.25) is 0 Å². The molecule has 0 aliphatic carbocycles. The van der Waals surface area contributed by atoms with Gasteiger partial charge in [0, 0.05) is 37.4 Å². The van der Waals surface area contributed by atoms with Crippen molar-refractivity contribution < 1.29 is 28.7 Å². The highest BCUT2D eigenvalue weighted by Crippen LogP contribution is 2.35. The van der Waals surface area contributed by atoms with Crippen LogP contribution in [0.25, 0.3) is 43.4 Å². The Balaban J connectivity index is 1.02. The van der Waals surface area contributed by atoms with E-state index in [9.17, 15) is 19.2 Å². The fraction of sp³-hybridized carbons (Fsp3) is 0.442. The summed E-state index contributed by atoms with van der Waals surface area (Å²) in [5.74, 6) is 0.326. The van der Waals surface area contributed by atoms with Gasteiger partial charge in [-0.25, -0.2) is 19.6 Å². The number of fused-ring (bicyclic) bond motifs is 2. The molecule has 0 radical (unpaired) electrons. The van der Waals surface area contributed by atoms with E-state index in [0.717, 1.165) is 80.0 Å². The Kier molecular flexibility index (Phi) is 12.2. The molecule has 2 aromatic heterocycles. The third-order valence-corrected chi connectivity index (χ3v) is 12.2. The summed E-state index contributed by atoms with van der Waals surface area (Å²) >= 11 is 1.59. The summed E-state index contributed by atoms with van der Waals surface area (Å²) in [6.07, 6.45) is 4.08. The zero-order valence-electron chi connectivity index (χ0n) is 33.8. The molecule has 0 spiro atoms. The van der Waals surface area contributed by atoms with E-state index >= 15 is 0 Å². The number of carbonyl (C=O) groups excluding carboxylic acids is 4. The lowest BCUT2D eigenvalue weighted by Crippen LogP contribution is -2.53. The Morgan fingerprint density at radius 1 is 0.776 bits per heavy atom. The predicted molar refractivity (Wildman–Crippen MR) is 225 cm³/mol. The van der Waals surface area contributed by atoms with Crippen molar-refractivity contribution >= 4 is 61.5 Å². The van der Waals surface area contributed by atoms with E-state index < -0.39 is 24.3 Å². The van der Waals surface area contributed by atoms with Gasteiger partial charge in [-0.1, -0.05) is 69.4 Å². The Bertz CT molecular complexity index is 2300. The number of alkyl carbamates (subject to hydrolysis) is 2. The van der Waals surface area contributed by atoms with Gasteiger partial charge in [-0.15, -0.1) is 0 Å². The molecule has 4 atom stereocenters. The molecule has 7 rings (SSSR count). The van der Waals surface area contributed by atoms with Crippen molar-refractivity contribution in [2.45, 2.75) is 77.5 Å². The smallest absolute Gasteiger partial charge is 0.407 e. The maximum Gasteiger partial charge on any atom is 0.407 e. The predicted octanol–water partition coefficient (Wildman–Crippen LogP) is 7.33. The molecule has 0 saturated carbocycles. The highest BCUT2D eigenvalue weighted by Gasteiger charge is 2.38. The lowest BCUT2D eigenvalue weighted by molar-refractivity contribution is -0.136. The second kappa shape index (κ2) is 17.4. The number of hydrogen-bond acceptors (Lipinski definition) is 10. The van der Waals surface area contributed by atoms with Gasteiger partial charge in [0.05, 0.1) is 36.2 Å². The number of aromatic amines is 1. The van der Waals surface area contributed by atoms with E-state index in [1.165, 1.54) is 14.2 Å². The van der Waals surface area contributed by atoms with Gasteiger partial charge in [0.15, 0.2) is 5.13 Å². The third kappa shape index (κ3) is 8.59. The van der Waals surface area contributed by atoms with Gasteiger partial charge < -0.3 is 40.2 Å². The monoisotopic (exact) mass is 808 g/mol. The van der Waals surface area contributed by atoms with Crippen LogP contribution in [0, 0.1) is 11.8 Å². The number of benzene rings is 3. The number of thiazole rings is 1. The molecule has 4 amide bonds. The van der Waals surface area contributed by atoms with Gasteiger partial charge in [-0.05, 0) is 83.7 Å². The number of ether oxygens (including phenoxy) is 2. The maximum atomic E-state index is 13.6. The second-order valence-electron chi connectivity index (χ2n) is 15.8. The van der Waals surface area contributed by atoms with Crippen LogP contribution >= 0.6 is 11.3 Å². The van der Waals surface area contributed by atoms with Crippen molar-refractivity contribution in [3.63, 3.8) is 0 Å². The Morgan fingerprint density at radius 3 is 2.03 bits per heavy atom. The Hall–Kier alpha value is -5.70. The summed E-state index contributed by atoms with van der Waals surface area (Å²) in [6.45, 7) is 9.46. The first kappa shape index (κ1) is 40.5. The molecule has 2 aliphatic rings. The molecule has 58 heavy (non-hydrogen) atoms. The largest absolute Gasteiger partial charge is 0.453 e. The normalized spacial score (nSPS) is 17.9. The van der Waals surface area contributed by atoms with Crippen molar-refractivity contribution in [2.75, 3.05) is 39.2 Å². The van der Waals surface area contributed by atoms with Gasteiger partial charge >= 0.3 is 12.2 Å². The van der Waals surface area contributed by atoms with Gasteiger partial charge in [-0.3, -0.25) is 9.59 Å². The third-order valence-electron chi connectivity index (χ3n) is 11.2. The molecule has 306 valence electrons. The van der Waals surface area contributed by atoms with Crippen molar-refractivity contribution in [2.24, 2.45) is 11.8 Å². The quantitative estimate of drug-likeness (QED) is 0.101. The Labute approximate surface area is 342 Å². The first-order valence-corrected chi connectivity index (χ1v) is 20.8. The minimum absolute atomic E-state index is 0.00172. The van der Waals surface area contributed by atoms with E-state index in [-0.39, 0.29) is 35.7 Å². The number of nitrogens with one attached hydrogen (secondary N) is 4. The van der Waals surface area contributed by atoms with E-state index in [2.05, 4.69) is 69.5 Å². The van der Waals surface area contributed by atoms with Crippen LogP contribution in [-0.4, -0.2) is 101 Å². The van der Waals surface area contributed by atoms with Crippen LogP contribution in [0.3, 0.4) is 0 Å². The van der Waals surface area contributed by atoms with Crippen molar-refractivity contribution in [1.82, 2.24) is 35.4 Å². The van der Waals surface area contributed by atoms with Crippen LogP contribution in [-0.2, 0) is 19.1 Å². The van der Waals surface area contributed by atoms with Gasteiger partial charge in [0.25, 0.3) is 0 Å². The highest BCUT2D eigenvalue weighted by atomic mass is 32.1. The number of imidazole rings is 1. The number of methoxy groups -OCH3 is 2. The van der Waals surface area contributed by atoms with Gasteiger partial charge in [-0.2, -0.15) is 0 Å². The molecule has 2 fully saturated rings. The van der Waals surface area contributed by atoms with Crippen LogP contribution < -0.4 is 16.0 Å². The molecule has 4 heterocycles. The molecule has 15 heteroatoms. The summed E-state index contributed by atoms with van der Waals surface area (Å²) in [6, 6.07) is 17.5. The zero-order valence-corrected chi connectivity index (χ0v) is 34.7. The van der Waals surface area contributed by atoms with Crippen molar-refractivity contribution in [1.29, 1.82) is 0 Å². The molecule has 2 saturated heterocycles. The number of anilines is 1. The number of hydrogen-bond donors (Lipinski definition) is 4. The lowest BCUT2D eigenvalue weighted by atomic mass is 9.99. The topological polar surface area (TPSA) is 171 Å². The van der Waals surface area contributed by atoms with E-state index in [0.29, 0.717) is 19.6 Å². The van der Waals surface area contributed by atoms with E-state index in [4.69, 9.17) is 19.4 Å². The van der Waals surface area contributed by atoms with E-state index in [1.807, 2.05) is 49.8 Å². The number of rotatable bonds is 12. The molecule has 3 aromatic carbocycles. The molecule has 1 unspecified atom stereocenters. The number of H-pyrrole nitrogens is 1. The Morgan fingerprint density at radius 2 is 1.36 bits per heavy atom. The molecule has 5 aromatic rings. The summed E-state index contributed by atoms with van der Waals surface area (Å²) in [4.78, 5) is 67.7. The standard InChI is InChI=1S/C43H52N8O6S/c1-24(2)36(48-42(54)56-5)39(52)50-17-7-9-31(50)22-45-41-47-32-16-15-29(21-35(32)58-41)27-11-12-28-20-30(14-13-26(28)19-27)33-23-44-38(46-33)34-10-8-18-51(34)40(53)37(25(3)4)49-43(55)57-6/h11-16,19-21,23-25,31,34,36-37H,7-10,17-18,22H2,1-6H3,(H,44,46)(H,45,47)(H,48,54)(H,49,55)/t31-,34?,36-,37-/m0/s1. The number of nitrogens with zero attached hydrogens (tertiary/aromatic N) is 4. The number of likely N-dealkylation sites (tertiary alicyclic amines) is 2. The summed E-state index contributed by atoms with van der Waals surface area (Å²) in [7, 11) is 2.59. The molecule has 4 N–H and O–H groups in total. The second-order valence-corrected chi connectivity index (χ2v) is 16.8.